The fourth-order valence-electron chi connectivity index (χ4n) is 1.93. The Kier molecular flexibility index (Phi) is 3.35. The number of nitrogens with two attached hydrogens (primary N) is 1. The summed E-state index contributed by atoms with van der Waals surface area (Å²) >= 11 is 3.07. The van der Waals surface area contributed by atoms with E-state index in [0.717, 1.165) is 21.3 Å². The van der Waals surface area contributed by atoms with Crippen molar-refractivity contribution >= 4 is 39.1 Å². The number of benzene rings is 1. The predicted octanol–water partition coefficient (Wildman–Crippen LogP) is 3.27. The van der Waals surface area contributed by atoms with Crippen molar-refractivity contribution < 1.29 is 0 Å². The van der Waals surface area contributed by atoms with Gasteiger partial charge in [-0.1, -0.05) is 41.3 Å². The average molecular weight is 288 g/mol. The van der Waals surface area contributed by atoms with Crippen molar-refractivity contribution in [2.24, 2.45) is 0 Å². The number of aromatic nitrogens is 3. The number of rotatable bonds is 3. The molecule has 0 radical (unpaired) electrons. The van der Waals surface area contributed by atoms with Crippen LogP contribution < -0.4 is 5.73 Å². The molecule has 6 heteroatoms. The Morgan fingerprint density at radius 3 is 2.89 bits per heavy atom. The monoisotopic (exact) mass is 288 g/mol. The molecule has 4 nitrogen and oxygen atoms in total. The van der Waals surface area contributed by atoms with Gasteiger partial charge in [0.2, 0.25) is 5.13 Å². The second-order valence-electron chi connectivity index (χ2n) is 4.13. The molecule has 3 rings (SSSR count). The molecule has 0 aliphatic carbocycles. The zero-order valence-corrected chi connectivity index (χ0v) is 12.0. The summed E-state index contributed by atoms with van der Waals surface area (Å²) in [5, 5.41) is 9.55. The molecule has 3 aromatic rings. The van der Waals surface area contributed by atoms with Gasteiger partial charge in [0.05, 0.1) is 5.52 Å². The molecule has 2 N–H and O–H groups in total. The maximum Gasteiger partial charge on any atom is 0.203 e. The Morgan fingerprint density at radius 1 is 1.26 bits per heavy atom. The van der Waals surface area contributed by atoms with Crippen molar-refractivity contribution in [3.8, 4) is 0 Å². The fourth-order valence-corrected chi connectivity index (χ4v) is 3.56. The van der Waals surface area contributed by atoms with Crippen molar-refractivity contribution in [1.82, 2.24) is 15.2 Å². The minimum atomic E-state index is 0.512. The molecule has 0 fully saturated rings. The van der Waals surface area contributed by atoms with Gasteiger partial charge in [0, 0.05) is 16.8 Å². The smallest absolute Gasteiger partial charge is 0.203 e. The van der Waals surface area contributed by atoms with Crippen LogP contribution in [-0.2, 0) is 5.75 Å². The van der Waals surface area contributed by atoms with Crippen LogP contribution in [0.15, 0.2) is 34.7 Å². The fraction of sp³-hybridized carbons (Fsp3) is 0.154. The number of anilines is 1. The maximum atomic E-state index is 5.58. The van der Waals surface area contributed by atoms with Gasteiger partial charge in [-0.2, -0.15) is 0 Å². The highest BCUT2D eigenvalue weighted by Crippen LogP contribution is 2.29. The topological polar surface area (TPSA) is 64.7 Å². The second kappa shape index (κ2) is 5.14. The van der Waals surface area contributed by atoms with Crippen LogP contribution in [0.1, 0.15) is 11.3 Å². The molecule has 96 valence electrons. The quantitative estimate of drug-likeness (QED) is 0.749. The number of nitrogen functional groups attached to an aromatic ring is 1. The number of fused-ring (bicyclic) bond motifs is 1. The summed E-state index contributed by atoms with van der Waals surface area (Å²) in [6, 6.07) is 10.3. The molecule has 0 spiro atoms. The molecule has 0 aliphatic heterocycles. The third kappa shape index (κ3) is 2.69. The molecule has 2 aromatic heterocycles. The molecular formula is C13H12N4S2. The molecule has 0 unspecified atom stereocenters. The van der Waals surface area contributed by atoms with E-state index in [-0.39, 0.29) is 0 Å². The summed E-state index contributed by atoms with van der Waals surface area (Å²) < 4.78 is 0.899. The Labute approximate surface area is 119 Å². The lowest BCUT2D eigenvalue weighted by atomic mass is 10.1. The van der Waals surface area contributed by atoms with E-state index in [0.29, 0.717) is 5.13 Å². The van der Waals surface area contributed by atoms with Crippen LogP contribution in [-0.4, -0.2) is 15.2 Å². The first kappa shape index (κ1) is 12.4. The van der Waals surface area contributed by atoms with Gasteiger partial charge in [-0.3, -0.25) is 4.98 Å². The molecule has 1 aromatic carbocycles. The normalized spacial score (nSPS) is 11.0. The van der Waals surface area contributed by atoms with E-state index in [1.807, 2.05) is 25.1 Å². The molecular weight excluding hydrogens is 276 g/mol. The van der Waals surface area contributed by atoms with Gasteiger partial charge in [0.25, 0.3) is 0 Å². The predicted molar refractivity (Wildman–Crippen MR) is 80.4 cm³/mol. The maximum absolute atomic E-state index is 5.58. The molecule has 0 atom stereocenters. The lowest BCUT2D eigenvalue weighted by Gasteiger charge is -2.06. The molecule has 0 amide bonds. The van der Waals surface area contributed by atoms with E-state index < -0.39 is 0 Å². The molecule has 0 aliphatic rings. The second-order valence-corrected chi connectivity index (χ2v) is 6.37. The molecule has 0 bridgehead atoms. The number of thioether (sulfide) groups is 1. The van der Waals surface area contributed by atoms with Gasteiger partial charge >= 0.3 is 0 Å². The van der Waals surface area contributed by atoms with Crippen molar-refractivity contribution in [1.29, 1.82) is 0 Å². The highest BCUT2D eigenvalue weighted by molar-refractivity contribution is 8.00. The number of para-hydroxylation sites is 1. The van der Waals surface area contributed by atoms with Crippen molar-refractivity contribution in [3.05, 3.63) is 41.6 Å². The number of hydrogen-bond acceptors (Lipinski definition) is 6. The summed E-state index contributed by atoms with van der Waals surface area (Å²) in [6.45, 7) is 2.02. The Bertz CT molecular complexity index is 723. The Morgan fingerprint density at radius 2 is 2.11 bits per heavy atom. The van der Waals surface area contributed by atoms with Crippen molar-refractivity contribution in [2.75, 3.05) is 5.73 Å². The highest BCUT2D eigenvalue weighted by Gasteiger charge is 2.07. The average Bonchev–Trinajstić information content (AvgIpc) is 2.81. The molecule has 19 heavy (non-hydrogen) atoms. The third-order valence-electron chi connectivity index (χ3n) is 2.70. The van der Waals surface area contributed by atoms with Crippen LogP contribution in [0.4, 0.5) is 5.13 Å². The van der Waals surface area contributed by atoms with E-state index in [4.69, 9.17) is 5.73 Å². The van der Waals surface area contributed by atoms with E-state index >= 15 is 0 Å². The first-order chi connectivity index (χ1) is 9.22. The highest BCUT2D eigenvalue weighted by atomic mass is 32.2. The first-order valence-corrected chi connectivity index (χ1v) is 7.59. The van der Waals surface area contributed by atoms with Gasteiger partial charge in [-0.05, 0) is 24.6 Å². The number of aryl methyl sites for hydroxylation is 1. The van der Waals surface area contributed by atoms with Crippen LogP contribution in [0.25, 0.3) is 10.9 Å². The van der Waals surface area contributed by atoms with E-state index in [2.05, 4.69) is 27.3 Å². The van der Waals surface area contributed by atoms with Crippen LogP contribution in [0.5, 0.6) is 0 Å². The van der Waals surface area contributed by atoms with Crippen molar-refractivity contribution in [3.63, 3.8) is 0 Å². The van der Waals surface area contributed by atoms with Crippen LogP contribution >= 0.6 is 23.1 Å². The van der Waals surface area contributed by atoms with E-state index in [9.17, 15) is 0 Å². The minimum absolute atomic E-state index is 0.512. The first-order valence-electron chi connectivity index (χ1n) is 5.79. The van der Waals surface area contributed by atoms with Crippen LogP contribution in [0.3, 0.4) is 0 Å². The van der Waals surface area contributed by atoms with Gasteiger partial charge < -0.3 is 5.73 Å². The lowest BCUT2D eigenvalue weighted by molar-refractivity contribution is 1.02. The van der Waals surface area contributed by atoms with E-state index in [1.165, 1.54) is 22.3 Å². The largest absolute Gasteiger partial charge is 0.374 e. The van der Waals surface area contributed by atoms with Gasteiger partial charge in [-0.15, -0.1) is 10.2 Å². The molecule has 0 saturated carbocycles. The van der Waals surface area contributed by atoms with Gasteiger partial charge in [0.1, 0.15) is 0 Å². The molecule has 2 heterocycles. The third-order valence-corrected chi connectivity index (χ3v) is 4.64. The summed E-state index contributed by atoms with van der Waals surface area (Å²) in [5.41, 5.74) is 8.92. The summed E-state index contributed by atoms with van der Waals surface area (Å²) in [6.07, 6.45) is 0. The van der Waals surface area contributed by atoms with E-state index in [1.54, 1.807) is 11.8 Å². The summed E-state index contributed by atoms with van der Waals surface area (Å²) in [4.78, 5) is 4.54. The number of nitrogens with zero attached hydrogens (tertiary/aromatic N) is 3. The van der Waals surface area contributed by atoms with Crippen LogP contribution in [0.2, 0.25) is 0 Å². The SMILES string of the molecule is Cc1cc(CSc2nnc(N)s2)c2ccccc2n1. The lowest BCUT2D eigenvalue weighted by Crippen LogP contribution is -1.90. The standard InChI is InChI=1S/C13H12N4S2/c1-8-6-9(7-18-13-17-16-12(14)19-13)10-4-2-3-5-11(10)15-8/h2-6H,7H2,1H3,(H2,14,16). The van der Waals surface area contributed by atoms with Gasteiger partial charge in [-0.25, -0.2) is 0 Å². The van der Waals surface area contributed by atoms with Gasteiger partial charge in [0.15, 0.2) is 4.34 Å². The molecule has 0 saturated heterocycles. The Balaban J connectivity index is 1.91. The Hall–Kier alpha value is -1.66. The van der Waals surface area contributed by atoms with Crippen LogP contribution in [0, 0.1) is 6.92 Å². The summed E-state index contributed by atoms with van der Waals surface area (Å²) in [7, 11) is 0. The zero-order valence-electron chi connectivity index (χ0n) is 10.3. The number of hydrogen-bond donors (Lipinski definition) is 1. The van der Waals surface area contributed by atoms with Crippen molar-refractivity contribution in [2.45, 2.75) is 17.0 Å². The number of pyridine rings is 1. The summed E-state index contributed by atoms with van der Waals surface area (Å²) in [5.74, 6) is 0.846. The minimum Gasteiger partial charge on any atom is -0.374 e. The zero-order chi connectivity index (χ0) is 13.2.